The molecule has 1 aromatic carbocycles. The first-order valence-corrected chi connectivity index (χ1v) is 7.04. The quantitative estimate of drug-likeness (QED) is 0.859. The second-order valence-corrected chi connectivity index (χ2v) is 5.31. The fourth-order valence-electron chi connectivity index (χ4n) is 1.72. The molecule has 2 rings (SSSR count). The van der Waals surface area contributed by atoms with E-state index in [-0.39, 0.29) is 0 Å². The van der Waals surface area contributed by atoms with Gasteiger partial charge in [-0.3, -0.25) is 0 Å². The molecule has 1 heterocycles. The van der Waals surface area contributed by atoms with Crippen molar-refractivity contribution < 1.29 is 0 Å². The number of aromatic nitrogens is 1. The monoisotopic (exact) mass is 261 g/mol. The first kappa shape index (κ1) is 12.9. The Labute approximate surface area is 112 Å². The molecule has 1 aromatic heterocycles. The highest BCUT2D eigenvalue weighted by Crippen LogP contribution is 2.36. The highest BCUT2D eigenvalue weighted by molar-refractivity contribution is 7.11. The van der Waals surface area contributed by atoms with Crippen LogP contribution in [0.25, 0.3) is 11.1 Å². The maximum absolute atomic E-state index is 5.97. The Hall–Kier alpha value is -1.55. The first-order valence-electron chi connectivity index (χ1n) is 6.26. The van der Waals surface area contributed by atoms with E-state index >= 15 is 0 Å². The largest absolute Gasteiger partial charge is 0.382 e. The van der Waals surface area contributed by atoms with Gasteiger partial charge in [-0.15, -0.1) is 0 Å². The zero-order valence-electron chi connectivity index (χ0n) is 10.8. The fourth-order valence-corrected chi connectivity index (χ4v) is 2.46. The summed E-state index contributed by atoms with van der Waals surface area (Å²) in [5.41, 5.74) is 8.12. The third-order valence-electron chi connectivity index (χ3n) is 3.09. The van der Waals surface area contributed by atoms with Crippen LogP contribution in [0.5, 0.6) is 0 Å². The molecule has 96 valence electrons. The zero-order valence-corrected chi connectivity index (χ0v) is 11.6. The molecule has 0 saturated carbocycles. The average Bonchev–Trinajstić information content (AvgIpc) is 2.78. The lowest BCUT2D eigenvalue weighted by Crippen LogP contribution is -2.09. The van der Waals surface area contributed by atoms with Gasteiger partial charge in [0.05, 0.1) is 5.56 Å². The summed E-state index contributed by atoms with van der Waals surface area (Å²) in [4.78, 5) is 0. The van der Waals surface area contributed by atoms with Gasteiger partial charge in [-0.1, -0.05) is 50.6 Å². The van der Waals surface area contributed by atoms with Gasteiger partial charge in [0, 0.05) is 6.54 Å². The molecular formula is C14H19N3S. The Balaban J connectivity index is 2.23. The number of hydrogen-bond acceptors (Lipinski definition) is 4. The smallest absolute Gasteiger partial charge is 0.147 e. The minimum absolute atomic E-state index is 0.609. The number of nitrogens with one attached hydrogen (secondary N) is 1. The SMILES string of the molecule is CCC(C)CNc1snc(N)c1-c1ccccc1. The topological polar surface area (TPSA) is 50.9 Å². The van der Waals surface area contributed by atoms with Gasteiger partial charge in [-0.05, 0) is 23.0 Å². The molecule has 1 unspecified atom stereocenters. The number of rotatable bonds is 5. The van der Waals surface area contributed by atoms with Crippen molar-refractivity contribution in [3.05, 3.63) is 30.3 Å². The Bertz CT molecular complexity index is 493. The molecule has 0 saturated heterocycles. The van der Waals surface area contributed by atoms with E-state index in [9.17, 15) is 0 Å². The van der Waals surface area contributed by atoms with Crippen molar-refractivity contribution in [2.24, 2.45) is 5.92 Å². The summed E-state index contributed by atoms with van der Waals surface area (Å²) >= 11 is 1.44. The van der Waals surface area contributed by atoms with E-state index < -0.39 is 0 Å². The standard InChI is InChI=1S/C14H19N3S/c1-3-10(2)9-16-14-12(13(15)17-18-14)11-7-5-4-6-8-11/h4-8,10,16H,3,9H2,1-2H3,(H2,15,17). The summed E-state index contributed by atoms with van der Waals surface area (Å²) in [6.45, 7) is 5.39. The van der Waals surface area contributed by atoms with Gasteiger partial charge in [0.2, 0.25) is 0 Å². The van der Waals surface area contributed by atoms with E-state index in [0.717, 1.165) is 22.7 Å². The number of benzene rings is 1. The van der Waals surface area contributed by atoms with E-state index in [1.165, 1.54) is 18.0 Å². The van der Waals surface area contributed by atoms with Crippen LogP contribution >= 0.6 is 11.5 Å². The van der Waals surface area contributed by atoms with Gasteiger partial charge < -0.3 is 11.1 Å². The van der Waals surface area contributed by atoms with Gasteiger partial charge in [0.25, 0.3) is 0 Å². The summed E-state index contributed by atoms with van der Waals surface area (Å²) in [5.74, 6) is 1.26. The summed E-state index contributed by atoms with van der Waals surface area (Å²) in [6, 6.07) is 10.2. The normalized spacial score (nSPS) is 12.3. The van der Waals surface area contributed by atoms with Crippen LogP contribution in [0.4, 0.5) is 10.8 Å². The number of nitrogens with two attached hydrogens (primary N) is 1. The van der Waals surface area contributed by atoms with Crippen molar-refractivity contribution >= 4 is 22.4 Å². The summed E-state index contributed by atoms with van der Waals surface area (Å²) < 4.78 is 4.25. The summed E-state index contributed by atoms with van der Waals surface area (Å²) in [6.07, 6.45) is 1.17. The predicted molar refractivity (Wildman–Crippen MR) is 79.9 cm³/mol. The number of hydrogen-bond donors (Lipinski definition) is 2. The van der Waals surface area contributed by atoms with E-state index in [1.807, 2.05) is 18.2 Å². The molecule has 0 aliphatic heterocycles. The van der Waals surface area contributed by atoms with E-state index in [4.69, 9.17) is 5.73 Å². The zero-order chi connectivity index (χ0) is 13.0. The third kappa shape index (κ3) is 2.82. The highest BCUT2D eigenvalue weighted by atomic mass is 32.1. The number of anilines is 2. The van der Waals surface area contributed by atoms with Crippen LogP contribution < -0.4 is 11.1 Å². The van der Waals surface area contributed by atoms with Crippen molar-refractivity contribution in [3.63, 3.8) is 0 Å². The number of nitrogen functional groups attached to an aromatic ring is 1. The minimum atomic E-state index is 0.609. The lowest BCUT2D eigenvalue weighted by molar-refractivity contribution is 0.594. The Kier molecular flexibility index (Phi) is 4.20. The van der Waals surface area contributed by atoms with Crippen LogP contribution in [0.3, 0.4) is 0 Å². The predicted octanol–water partition coefficient (Wildman–Crippen LogP) is 3.85. The van der Waals surface area contributed by atoms with Crippen LogP contribution in [-0.4, -0.2) is 10.9 Å². The van der Waals surface area contributed by atoms with E-state index in [0.29, 0.717) is 11.7 Å². The molecule has 3 nitrogen and oxygen atoms in total. The van der Waals surface area contributed by atoms with Gasteiger partial charge in [0.15, 0.2) is 0 Å². The highest BCUT2D eigenvalue weighted by Gasteiger charge is 2.13. The van der Waals surface area contributed by atoms with Crippen LogP contribution in [-0.2, 0) is 0 Å². The molecule has 4 heteroatoms. The van der Waals surface area contributed by atoms with Crippen molar-refractivity contribution in [2.75, 3.05) is 17.6 Å². The third-order valence-corrected chi connectivity index (χ3v) is 3.91. The molecular weight excluding hydrogens is 242 g/mol. The van der Waals surface area contributed by atoms with E-state index in [2.05, 4.69) is 35.7 Å². The Morgan fingerprint density at radius 1 is 1.33 bits per heavy atom. The maximum atomic E-state index is 5.97. The summed E-state index contributed by atoms with van der Waals surface area (Å²) in [5, 5.41) is 4.53. The molecule has 0 spiro atoms. The van der Waals surface area contributed by atoms with Crippen molar-refractivity contribution in [1.82, 2.24) is 4.37 Å². The Morgan fingerprint density at radius 3 is 2.72 bits per heavy atom. The lowest BCUT2D eigenvalue weighted by atomic mass is 10.1. The average molecular weight is 261 g/mol. The van der Waals surface area contributed by atoms with Crippen LogP contribution in [0.15, 0.2) is 30.3 Å². The van der Waals surface area contributed by atoms with E-state index in [1.54, 1.807) is 0 Å². The molecule has 0 radical (unpaired) electrons. The fraction of sp³-hybridized carbons (Fsp3) is 0.357. The molecule has 0 aliphatic carbocycles. The molecule has 2 aromatic rings. The Morgan fingerprint density at radius 2 is 2.06 bits per heavy atom. The second kappa shape index (κ2) is 5.87. The molecule has 0 amide bonds. The molecule has 18 heavy (non-hydrogen) atoms. The number of nitrogens with zero attached hydrogens (tertiary/aromatic N) is 1. The molecule has 1 atom stereocenters. The molecule has 3 N–H and O–H groups in total. The second-order valence-electron chi connectivity index (χ2n) is 4.53. The molecule has 0 aliphatic rings. The molecule has 0 fully saturated rings. The van der Waals surface area contributed by atoms with Gasteiger partial charge in [0.1, 0.15) is 10.8 Å². The van der Waals surface area contributed by atoms with Crippen molar-refractivity contribution in [1.29, 1.82) is 0 Å². The summed E-state index contributed by atoms with van der Waals surface area (Å²) in [7, 11) is 0. The van der Waals surface area contributed by atoms with Crippen molar-refractivity contribution in [2.45, 2.75) is 20.3 Å². The molecule has 0 bridgehead atoms. The van der Waals surface area contributed by atoms with Crippen molar-refractivity contribution in [3.8, 4) is 11.1 Å². The maximum Gasteiger partial charge on any atom is 0.147 e. The van der Waals surface area contributed by atoms with Crippen LogP contribution in [0.2, 0.25) is 0 Å². The van der Waals surface area contributed by atoms with Crippen LogP contribution in [0, 0.1) is 5.92 Å². The minimum Gasteiger partial charge on any atom is -0.382 e. The van der Waals surface area contributed by atoms with Gasteiger partial charge in [-0.2, -0.15) is 4.37 Å². The van der Waals surface area contributed by atoms with Gasteiger partial charge in [-0.25, -0.2) is 0 Å². The first-order chi connectivity index (χ1) is 8.72. The van der Waals surface area contributed by atoms with Gasteiger partial charge >= 0.3 is 0 Å². The van der Waals surface area contributed by atoms with Crippen LogP contribution in [0.1, 0.15) is 20.3 Å². The lowest BCUT2D eigenvalue weighted by Gasteiger charge is -2.11.